The molecule has 0 fully saturated rings. The van der Waals surface area contributed by atoms with Crippen LogP contribution < -0.4 is 9.61 Å². The molecule has 0 aliphatic carbocycles. The zero-order valence-corrected chi connectivity index (χ0v) is 10.8. The van der Waals surface area contributed by atoms with Gasteiger partial charge >= 0.3 is 4.87 Å². The summed E-state index contributed by atoms with van der Waals surface area (Å²) in [7, 11) is -2.51. The number of aromatic amines is 1. The molecule has 0 aliphatic heterocycles. The molecular weight excluding hydrogens is 278 g/mol. The number of aromatic nitrogens is 1. The van der Waals surface area contributed by atoms with Crippen LogP contribution in [-0.2, 0) is 9.84 Å². The molecule has 0 spiro atoms. The van der Waals surface area contributed by atoms with Crippen LogP contribution in [0.15, 0.2) is 38.2 Å². The van der Waals surface area contributed by atoms with E-state index < -0.39 is 24.8 Å². The van der Waals surface area contributed by atoms with E-state index in [1.54, 1.807) is 6.07 Å². The van der Waals surface area contributed by atoms with Crippen LogP contribution in [0.2, 0.25) is 0 Å². The van der Waals surface area contributed by atoms with E-state index in [9.17, 15) is 18.3 Å². The van der Waals surface area contributed by atoms with E-state index in [0.717, 1.165) is 0 Å². The number of aromatic hydroxyl groups is 1. The van der Waals surface area contributed by atoms with Crippen molar-refractivity contribution in [2.75, 3.05) is 7.11 Å². The number of ether oxygens (including phenoxy) is 1. The summed E-state index contributed by atoms with van der Waals surface area (Å²) in [4.78, 5) is 12.4. The lowest BCUT2D eigenvalue weighted by Crippen LogP contribution is -2.00. The predicted octanol–water partition coefficient (Wildman–Crippen LogP) is 0.983. The van der Waals surface area contributed by atoms with Gasteiger partial charge in [0.05, 0.1) is 12.0 Å². The van der Waals surface area contributed by atoms with Crippen molar-refractivity contribution in [3.8, 4) is 11.6 Å². The highest BCUT2D eigenvalue weighted by atomic mass is 32.2. The fourth-order valence-electron chi connectivity index (χ4n) is 1.36. The van der Waals surface area contributed by atoms with E-state index in [1.807, 2.05) is 4.98 Å². The summed E-state index contributed by atoms with van der Waals surface area (Å²) in [5.41, 5.74) is 0. The third-order valence-electron chi connectivity index (χ3n) is 2.19. The Morgan fingerprint density at radius 2 is 2.11 bits per heavy atom. The number of H-pyrrole nitrogens is 1. The number of thiazole rings is 1. The monoisotopic (exact) mass is 287 g/mol. The molecule has 0 aliphatic rings. The summed E-state index contributed by atoms with van der Waals surface area (Å²) in [6.45, 7) is 0. The van der Waals surface area contributed by atoms with E-state index in [-0.39, 0.29) is 4.90 Å². The summed E-state index contributed by atoms with van der Waals surface area (Å²) >= 11 is 0.440. The van der Waals surface area contributed by atoms with E-state index in [2.05, 4.69) is 0 Å². The zero-order valence-electron chi connectivity index (χ0n) is 9.21. The molecule has 1 aromatic carbocycles. The van der Waals surface area contributed by atoms with Gasteiger partial charge in [0.15, 0.2) is 4.21 Å². The molecule has 0 atom stereocenters. The van der Waals surface area contributed by atoms with Crippen LogP contribution in [0.1, 0.15) is 0 Å². The summed E-state index contributed by atoms with van der Waals surface area (Å²) in [5.74, 6) is -0.272. The zero-order chi connectivity index (χ0) is 13.3. The molecule has 6 nitrogen and oxygen atoms in total. The molecule has 0 amide bonds. The lowest BCUT2D eigenvalue weighted by Gasteiger charge is -2.04. The fourth-order valence-corrected chi connectivity index (χ4v) is 3.83. The number of benzene rings is 1. The molecule has 0 saturated carbocycles. The average Bonchev–Trinajstić information content (AvgIpc) is 2.69. The first-order chi connectivity index (χ1) is 8.45. The van der Waals surface area contributed by atoms with Gasteiger partial charge in [0.1, 0.15) is 5.75 Å². The fraction of sp³-hybridized carbons (Fsp3) is 0.100. The molecule has 0 saturated heterocycles. The van der Waals surface area contributed by atoms with Crippen LogP contribution in [0.25, 0.3) is 0 Å². The van der Waals surface area contributed by atoms with Gasteiger partial charge in [0.2, 0.25) is 15.7 Å². The van der Waals surface area contributed by atoms with E-state index >= 15 is 0 Å². The van der Waals surface area contributed by atoms with Crippen molar-refractivity contribution in [3.63, 3.8) is 0 Å². The Labute approximate surface area is 106 Å². The Bertz CT molecular complexity index is 729. The van der Waals surface area contributed by atoms with Crippen LogP contribution in [0.5, 0.6) is 11.6 Å². The standard InChI is InChI=1S/C10H9NO5S2/c1-16-6-3-2-4-7(5-6)18(14,15)9-8(12)11-10(13)17-9/h2-5,12H,1H3,(H,11,13). The number of rotatable bonds is 3. The molecule has 8 heteroatoms. The minimum Gasteiger partial charge on any atom is -0.497 e. The number of sulfone groups is 1. The van der Waals surface area contributed by atoms with Gasteiger partial charge in [0.25, 0.3) is 0 Å². The number of hydrogen-bond donors (Lipinski definition) is 2. The van der Waals surface area contributed by atoms with Crippen molar-refractivity contribution in [2.24, 2.45) is 0 Å². The van der Waals surface area contributed by atoms with E-state index in [0.29, 0.717) is 17.1 Å². The summed E-state index contributed by atoms with van der Waals surface area (Å²) in [5, 5.41) is 9.40. The average molecular weight is 287 g/mol. The first-order valence-electron chi connectivity index (χ1n) is 4.76. The molecule has 2 aromatic rings. The summed E-state index contributed by atoms with van der Waals surface area (Å²) < 4.78 is 28.9. The van der Waals surface area contributed by atoms with Gasteiger partial charge in [-0.2, -0.15) is 0 Å². The maximum atomic E-state index is 12.2. The molecule has 0 unspecified atom stereocenters. The van der Waals surface area contributed by atoms with Crippen LogP contribution in [0, 0.1) is 0 Å². The Hall–Kier alpha value is -1.80. The Balaban J connectivity index is 2.61. The van der Waals surface area contributed by atoms with Crippen LogP contribution in [0.3, 0.4) is 0 Å². The van der Waals surface area contributed by atoms with Crippen molar-refractivity contribution in [2.45, 2.75) is 9.10 Å². The van der Waals surface area contributed by atoms with Crippen LogP contribution >= 0.6 is 11.3 Å². The van der Waals surface area contributed by atoms with E-state index in [4.69, 9.17) is 4.74 Å². The summed E-state index contributed by atoms with van der Waals surface area (Å²) in [6, 6.07) is 5.79. The molecule has 0 bridgehead atoms. The quantitative estimate of drug-likeness (QED) is 0.877. The largest absolute Gasteiger partial charge is 0.497 e. The van der Waals surface area contributed by atoms with Crippen molar-refractivity contribution in [1.29, 1.82) is 0 Å². The van der Waals surface area contributed by atoms with Crippen LogP contribution in [0.4, 0.5) is 0 Å². The topological polar surface area (TPSA) is 96.5 Å². The van der Waals surface area contributed by atoms with Crippen molar-refractivity contribution in [3.05, 3.63) is 33.9 Å². The maximum absolute atomic E-state index is 12.2. The number of hydrogen-bond acceptors (Lipinski definition) is 6. The minimum atomic E-state index is -3.92. The van der Waals surface area contributed by atoms with Crippen LogP contribution in [-0.4, -0.2) is 25.6 Å². The Kier molecular flexibility index (Phi) is 3.14. The highest BCUT2D eigenvalue weighted by Crippen LogP contribution is 2.30. The normalized spacial score (nSPS) is 11.4. The Morgan fingerprint density at radius 1 is 1.39 bits per heavy atom. The van der Waals surface area contributed by atoms with Gasteiger partial charge in [-0.1, -0.05) is 17.4 Å². The Morgan fingerprint density at radius 3 is 2.67 bits per heavy atom. The molecule has 0 radical (unpaired) electrons. The molecule has 96 valence electrons. The molecule has 18 heavy (non-hydrogen) atoms. The van der Waals surface area contributed by atoms with Crippen molar-refractivity contribution < 1.29 is 18.3 Å². The second-order valence-electron chi connectivity index (χ2n) is 3.33. The third-order valence-corrected chi connectivity index (χ3v) is 5.33. The molecule has 2 N–H and O–H groups in total. The lowest BCUT2D eigenvalue weighted by atomic mass is 10.3. The molecule has 1 aromatic heterocycles. The second-order valence-corrected chi connectivity index (χ2v) is 6.46. The number of nitrogens with one attached hydrogen (secondary N) is 1. The smallest absolute Gasteiger partial charge is 0.308 e. The molecule has 2 rings (SSSR count). The highest BCUT2D eigenvalue weighted by molar-refractivity contribution is 7.93. The van der Waals surface area contributed by atoms with Gasteiger partial charge in [-0.15, -0.1) is 0 Å². The maximum Gasteiger partial charge on any atom is 0.308 e. The molecule has 1 heterocycles. The highest BCUT2D eigenvalue weighted by Gasteiger charge is 2.25. The first kappa shape index (κ1) is 12.7. The van der Waals surface area contributed by atoms with Crippen molar-refractivity contribution in [1.82, 2.24) is 4.98 Å². The molecular formula is C10H9NO5S2. The van der Waals surface area contributed by atoms with Gasteiger partial charge in [0, 0.05) is 0 Å². The number of methoxy groups -OCH3 is 1. The predicted molar refractivity (Wildman–Crippen MR) is 65.1 cm³/mol. The van der Waals surface area contributed by atoms with Gasteiger partial charge in [-0.3, -0.25) is 9.78 Å². The SMILES string of the molecule is COc1cccc(S(=O)(=O)c2sc(=O)[nH]c2O)c1. The van der Waals surface area contributed by atoms with Gasteiger partial charge in [-0.05, 0) is 18.2 Å². The first-order valence-corrected chi connectivity index (χ1v) is 7.06. The summed E-state index contributed by atoms with van der Waals surface area (Å²) in [6.07, 6.45) is 0. The lowest BCUT2D eigenvalue weighted by molar-refractivity contribution is 0.413. The van der Waals surface area contributed by atoms with Gasteiger partial charge in [-0.25, -0.2) is 8.42 Å². The minimum absolute atomic E-state index is 0.0487. The van der Waals surface area contributed by atoms with Crippen molar-refractivity contribution >= 4 is 21.2 Å². The second kappa shape index (κ2) is 4.46. The van der Waals surface area contributed by atoms with Gasteiger partial charge < -0.3 is 9.84 Å². The third kappa shape index (κ3) is 2.12. The van der Waals surface area contributed by atoms with E-state index in [1.165, 1.54) is 25.3 Å².